The Labute approximate surface area is 97.6 Å². The van der Waals surface area contributed by atoms with Gasteiger partial charge in [0, 0.05) is 12.0 Å². The number of phenols is 1. The van der Waals surface area contributed by atoms with E-state index < -0.39 is 11.9 Å². The Morgan fingerprint density at radius 2 is 1.88 bits per heavy atom. The van der Waals surface area contributed by atoms with Crippen molar-refractivity contribution in [1.29, 1.82) is 0 Å². The minimum Gasteiger partial charge on any atom is -0.508 e. The topological polar surface area (TPSA) is 94.8 Å². The first-order chi connectivity index (χ1) is 7.99. The molecule has 90 valence electrons. The molecule has 0 aromatic heterocycles. The molecule has 0 aliphatic rings. The molecule has 0 atom stereocenters. The van der Waals surface area contributed by atoms with Crippen molar-refractivity contribution < 1.29 is 24.9 Å². The van der Waals surface area contributed by atoms with Crippen molar-refractivity contribution in [2.45, 2.75) is 12.8 Å². The summed E-state index contributed by atoms with van der Waals surface area (Å²) in [5.41, 5.74) is 0.519. The lowest BCUT2D eigenvalue weighted by molar-refractivity contribution is -0.137. The molecule has 0 amide bonds. The maximum absolute atomic E-state index is 10.9. The van der Waals surface area contributed by atoms with E-state index in [9.17, 15) is 14.7 Å². The summed E-state index contributed by atoms with van der Waals surface area (Å²) in [7, 11) is 0. The Hall–Kier alpha value is -2.30. The van der Waals surface area contributed by atoms with Crippen LogP contribution in [-0.4, -0.2) is 27.3 Å². The largest absolute Gasteiger partial charge is 0.508 e. The summed E-state index contributed by atoms with van der Waals surface area (Å²) in [4.78, 5) is 21.3. The lowest BCUT2D eigenvalue weighted by Gasteiger charge is -2.01. The smallest absolute Gasteiger partial charge is 0.331 e. The zero-order valence-corrected chi connectivity index (χ0v) is 8.96. The number of phenolic OH excluding ortho intramolecular Hbond substituents is 1. The Balaban J connectivity index is 2.90. The lowest BCUT2D eigenvalue weighted by Crippen LogP contribution is -2.04. The summed E-state index contributed by atoms with van der Waals surface area (Å²) >= 11 is 0. The normalized spacial score (nSPS) is 11.2. The third kappa shape index (κ3) is 4.38. The number of hydrogen-bond donors (Lipinski definition) is 3. The van der Waals surface area contributed by atoms with Gasteiger partial charge in [-0.3, -0.25) is 4.79 Å². The van der Waals surface area contributed by atoms with Crippen molar-refractivity contribution in [3.05, 3.63) is 35.4 Å². The summed E-state index contributed by atoms with van der Waals surface area (Å²) in [6.45, 7) is 0. The molecule has 0 spiro atoms. The number of hydrogen-bond acceptors (Lipinski definition) is 3. The second kappa shape index (κ2) is 5.69. The standard InChI is InChI=1S/C12H12O5/c13-10-3-1-2-8(7-10)6-9(12(16)17)4-5-11(14)15/h1-3,6-7,13H,4-5H2,(H,14,15)(H,16,17). The van der Waals surface area contributed by atoms with Crippen LogP contribution in [0.15, 0.2) is 29.8 Å². The van der Waals surface area contributed by atoms with Gasteiger partial charge in [0.05, 0.1) is 0 Å². The summed E-state index contributed by atoms with van der Waals surface area (Å²) in [6.07, 6.45) is 1.06. The van der Waals surface area contributed by atoms with E-state index in [1.807, 2.05) is 0 Å². The van der Waals surface area contributed by atoms with Crippen LogP contribution in [0, 0.1) is 0 Å². The zero-order chi connectivity index (χ0) is 12.8. The number of rotatable bonds is 5. The molecule has 0 unspecified atom stereocenters. The number of aliphatic carboxylic acids is 2. The van der Waals surface area contributed by atoms with Crippen molar-refractivity contribution in [2.24, 2.45) is 0 Å². The Morgan fingerprint density at radius 1 is 1.18 bits per heavy atom. The average Bonchev–Trinajstić information content (AvgIpc) is 2.23. The summed E-state index contributed by atoms with van der Waals surface area (Å²) < 4.78 is 0. The summed E-state index contributed by atoms with van der Waals surface area (Å²) in [5, 5.41) is 26.6. The van der Waals surface area contributed by atoms with Gasteiger partial charge in [-0.1, -0.05) is 12.1 Å². The van der Waals surface area contributed by atoms with Crippen LogP contribution >= 0.6 is 0 Å². The number of aromatic hydroxyl groups is 1. The number of carboxylic acids is 2. The first-order valence-corrected chi connectivity index (χ1v) is 4.93. The molecule has 0 fully saturated rings. The molecule has 1 aromatic carbocycles. The predicted octanol–water partition coefficient (Wildman–Crippen LogP) is 1.73. The Kier molecular flexibility index (Phi) is 4.28. The monoisotopic (exact) mass is 236 g/mol. The van der Waals surface area contributed by atoms with E-state index in [0.29, 0.717) is 5.56 Å². The van der Waals surface area contributed by atoms with Gasteiger partial charge >= 0.3 is 11.9 Å². The van der Waals surface area contributed by atoms with Crippen LogP contribution in [0.3, 0.4) is 0 Å². The second-order valence-electron chi connectivity index (χ2n) is 3.46. The fourth-order valence-corrected chi connectivity index (χ4v) is 1.30. The molecule has 1 rings (SSSR count). The van der Waals surface area contributed by atoms with E-state index in [1.165, 1.54) is 18.2 Å². The van der Waals surface area contributed by atoms with Gasteiger partial charge in [-0.05, 0) is 30.2 Å². The lowest BCUT2D eigenvalue weighted by atomic mass is 10.1. The predicted molar refractivity (Wildman–Crippen MR) is 60.6 cm³/mol. The first-order valence-electron chi connectivity index (χ1n) is 4.93. The van der Waals surface area contributed by atoms with Gasteiger partial charge in [0.2, 0.25) is 0 Å². The molecule has 3 N–H and O–H groups in total. The number of benzene rings is 1. The van der Waals surface area contributed by atoms with Crippen molar-refractivity contribution in [1.82, 2.24) is 0 Å². The number of carboxylic acid groups (broad SMARTS) is 2. The van der Waals surface area contributed by atoms with Crippen LogP contribution in [0.1, 0.15) is 18.4 Å². The van der Waals surface area contributed by atoms with Crippen LogP contribution in [0.25, 0.3) is 6.08 Å². The van der Waals surface area contributed by atoms with Gasteiger partial charge in [-0.15, -0.1) is 0 Å². The highest BCUT2D eigenvalue weighted by atomic mass is 16.4. The fourth-order valence-electron chi connectivity index (χ4n) is 1.30. The van der Waals surface area contributed by atoms with Gasteiger partial charge in [-0.2, -0.15) is 0 Å². The summed E-state index contributed by atoms with van der Waals surface area (Å²) in [5.74, 6) is -2.18. The molecule has 0 heterocycles. The van der Waals surface area contributed by atoms with Crippen molar-refractivity contribution in [2.75, 3.05) is 0 Å². The first kappa shape index (κ1) is 12.8. The van der Waals surface area contributed by atoms with Gasteiger partial charge in [0.25, 0.3) is 0 Å². The third-order valence-corrected chi connectivity index (χ3v) is 2.09. The molecular formula is C12H12O5. The zero-order valence-electron chi connectivity index (χ0n) is 8.96. The minimum atomic E-state index is -1.16. The third-order valence-electron chi connectivity index (χ3n) is 2.09. The summed E-state index contributed by atoms with van der Waals surface area (Å²) in [6, 6.07) is 6.08. The highest BCUT2D eigenvalue weighted by Gasteiger charge is 2.09. The van der Waals surface area contributed by atoms with E-state index in [0.717, 1.165) is 0 Å². The molecule has 0 bridgehead atoms. The van der Waals surface area contributed by atoms with Gasteiger partial charge in [-0.25, -0.2) is 4.79 Å². The highest BCUT2D eigenvalue weighted by Crippen LogP contribution is 2.16. The van der Waals surface area contributed by atoms with Crippen molar-refractivity contribution in [3.8, 4) is 5.75 Å². The molecule has 0 aliphatic heterocycles. The van der Waals surface area contributed by atoms with Crippen LogP contribution in [-0.2, 0) is 9.59 Å². The quantitative estimate of drug-likeness (QED) is 0.676. The van der Waals surface area contributed by atoms with E-state index in [-0.39, 0.29) is 24.2 Å². The average molecular weight is 236 g/mol. The molecule has 0 saturated heterocycles. The van der Waals surface area contributed by atoms with Crippen LogP contribution in [0.4, 0.5) is 0 Å². The van der Waals surface area contributed by atoms with Crippen LogP contribution < -0.4 is 0 Å². The molecule has 5 heteroatoms. The minimum absolute atomic E-state index is 0.00185. The van der Waals surface area contributed by atoms with Crippen molar-refractivity contribution >= 4 is 18.0 Å². The van der Waals surface area contributed by atoms with E-state index in [4.69, 9.17) is 10.2 Å². The fraction of sp³-hybridized carbons (Fsp3) is 0.167. The number of carbonyl (C=O) groups is 2. The van der Waals surface area contributed by atoms with Gasteiger partial charge < -0.3 is 15.3 Å². The van der Waals surface area contributed by atoms with Crippen LogP contribution in [0.5, 0.6) is 5.75 Å². The molecule has 17 heavy (non-hydrogen) atoms. The van der Waals surface area contributed by atoms with Gasteiger partial charge in [0.15, 0.2) is 0 Å². The Bertz CT molecular complexity index is 462. The van der Waals surface area contributed by atoms with E-state index in [1.54, 1.807) is 12.1 Å². The van der Waals surface area contributed by atoms with Crippen molar-refractivity contribution in [3.63, 3.8) is 0 Å². The molecular weight excluding hydrogens is 224 g/mol. The van der Waals surface area contributed by atoms with Gasteiger partial charge in [0.1, 0.15) is 5.75 Å². The van der Waals surface area contributed by atoms with Crippen LogP contribution in [0.2, 0.25) is 0 Å². The molecule has 5 nitrogen and oxygen atoms in total. The molecule has 0 saturated carbocycles. The highest BCUT2D eigenvalue weighted by molar-refractivity contribution is 5.92. The maximum Gasteiger partial charge on any atom is 0.331 e. The van der Waals surface area contributed by atoms with E-state index in [2.05, 4.69) is 0 Å². The SMILES string of the molecule is O=C(O)CCC(=Cc1cccc(O)c1)C(=O)O. The maximum atomic E-state index is 10.9. The molecule has 0 radical (unpaired) electrons. The molecule has 1 aromatic rings. The second-order valence-corrected chi connectivity index (χ2v) is 3.46. The molecule has 0 aliphatic carbocycles. The van der Waals surface area contributed by atoms with E-state index >= 15 is 0 Å². The Morgan fingerprint density at radius 3 is 2.41 bits per heavy atom.